The minimum Gasteiger partial charge on any atom is -0.376 e. The lowest BCUT2D eigenvalue weighted by molar-refractivity contribution is 0.0793. The highest BCUT2D eigenvalue weighted by molar-refractivity contribution is 6.04. The Balaban J connectivity index is 1.72. The van der Waals surface area contributed by atoms with E-state index in [1.54, 1.807) is 18.0 Å². The molecule has 0 bridgehead atoms. The van der Waals surface area contributed by atoms with Crippen molar-refractivity contribution in [1.82, 2.24) is 9.80 Å². The van der Waals surface area contributed by atoms with Gasteiger partial charge in [-0.15, -0.1) is 0 Å². The fraction of sp³-hybridized carbons (Fsp3) is 0.579. The Morgan fingerprint density at radius 1 is 1.28 bits per heavy atom. The Morgan fingerprint density at radius 3 is 2.72 bits per heavy atom. The van der Waals surface area contributed by atoms with E-state index in [4.69, 9.17) is 4.74 Å². The number of carbonyl (C=O) groups excluding carboxylic acids is 2. The predicted molar refractivity (Wildman–Crippen MR) is 96.9 cm³/mol. The number of nitrogens with one attached hydrogen (secondary N) is 1. The van der Waals surface area contributed by atoms with Crippen LogP contribution in [0.15, 0.2) is 18.2 Å². The number of amides is 3. The van der Waals surface area contributed by atoms with Gasteiger partial charge in [-0.3, -0.25) is 4.79 Å². The lowest BCUT2D eigenvalue weighted by Crippen LogP contribution is -2.38. The maximum absolute atomic E-state index is 12.8. The number of likely N-dealkylation sites (tertiary alicyclic amines) is 1. The number of para-hydroxylation sites is 1. The van der Waals surface area contributed by atoms with Crippen LogP contribution in [-0.4, -0.2) is 61.1 Å². The maximum atomic E-state index is 12.8. The van der Waals surface area contributed by atoms with E-state index in [1.807, 2.05) is 24.0 Å². The summed E-state index contributed by atoms with van der Waals surface area (Å²) in [5.74, 6) is -0.00159. The number of ether oxygens (including phenoxy) is 1. The van der Waals surface area contributed by atoms with Gasteiger partial charge in [0, 0.05) is 33.3 Å². The molecule has 25 heavy (non-hydrogen) atoms. The molecule has 2 aliphatic heterocycles. The van der Waals surface area contributed by atoms with Crippen molar-refractivity contribution in [2.75, 3.05) is 38.6 Å². The molecule has 1 N–H and O–H groups in total. The van der Waals surface area contributed by atoms with E-state index in [-0.39, 0.29) is 18.0 Å². The number of anilines is 1. The standard InChI is InChI=1S/C19H27N3O3/c1-14-7-5-9-16(18(23)22-10-3-4-11-22)17(14)20-19(24)21(2)13-15-8-6-12-25-15/h5,7,9,15H,3-4,6,8,10-13H2,1-2H3,(H,20,24)/t15-/m1/s1. The van der Waals surface area contributed by atoms with Crippen molar-refractivity contribution in [3.63, 3.8) is 0 Å². The van der Waals surface area contributed by atoms with Crippen LogP contribution in [0.1, 0.15) is 41.6 Å². The fourth-order valence-electron chi connectivity index (χ4n) is 3.48. The molecule has 2 heterocycles. The van der Waals surface area contributed by atoms with Crippen LogP contribution in [0.2, 0.25) is 0 Å². The van der Waals surface area contributed by atoms with E-state index in [2.05, 4.69) is 5.32 Å². The van der Waals surface area contributed by atoms with Crippen molar-refractivity contribution >= 4 is 17.6 Å². The van der Waals surface area contributed by atoms with E-state index in [1.165, 1.54) is 0 Å². The number of benzene rings is 1. The molecule has 2 aliphatic rings. The molecule has 3 amide bonds. The number of rotatable bonds is 4. The normalized spacial score (nSPS) is 19.9. The van der Waals surface area contributed by atoms with Crippen molar-refractivity contribution in [2.45, 2.75) is 38.7 Å². The molecule has 6 nitrogen and oxygen atoms in total. The number of aryl methyl sites for hydroxylation is 1. The summed E-state index contributed by atoms with van der Waals surface area (Å²) in [7, 11) is 1.76. The summed E-state index contributed by atoms with van der Waals surface area (Å²) in [5.41, 5.74) is 2.08. The first-order valence-corrected chi connectivity index (χ1v) is 9.09. The minimum absolute atomic E-state index is 0.00159. The quantitative estimate of drug-likeness (QED) is 0.913. The Kier molecular flexibility index (Phi) is 5.58. The van der Waals surface area contributed by atoms with E-state index in [9.17, 15) is 9.59 Å². The summed E-state index contributed by atoms with van der Waals surface area (Å²) in [6, 6.07) is 5.37. The summed E-state index contributed by atoms with van der Waals surface area (Å²) >= 11 is 0. The first-order valence-electron chi connectivity index (χ1n) is 9.09. The number of urea groups is 1. The van der Waals surface area contributed by atoms with Crippen molar-refractivity contribution < 1.29 is 14.3 Å². The molecule has 0 unspecified atom stereocenters. The predicted octanol–water partition coefficient (Wildman–Crippen LogP) is 2.87. The Bertz CT molecular complexity index is 635. The van der Waals surface area contributed by atoms with Gasteiger partial charge in [0.1, 0.15) is 0 Å². The zero-order valence-electron chi connectivity index (χ0n) is 15.1. The molecule has 1 atom stereocenters. The molecular formula is C19H27N3O3. The summed E-state index contributed by atoms with van der Waals surface area (Å²) in [4.78, 5) is 28.9. The molecule has 1 aromatic carbocycles. The average molecular weight is 345 g/mol. The highest BCUT2D eigenvalue weighted by atomic mass is 16.5. The number of hydrogen-bond acceptors (Lipinski definition) is 3. The van der Waals surface area contributed by atoms with Crippen molar-refractivity contribution in [2.24, 2.45) is 0 Å². The van der Waals surface area contributed by atoms with Crippen LogP contribution < -0.4 is 5.32 Å². The molecule has 1 aromatic rings. The van der Waals surface area contributed by atoms with Gasteiger partial charge in [0.05, 0.1) is 17.4 Å². The third-order valence-corrected chi connectivity index (χ3v) is 4.98. The molecule has 0 aromatic heterocycles. The molecule has 0 spiro atoms. The van der Waals surface area contributed by atoms with Gasteiger partial charge in [-0.25, -0.2) is 4.79 Å². The van der Waals surface area contributed by atoms with Gasteiger partial charge in [-0.05, 0) is 44.2 Å². The van der Waals surface area contributed by atoms with Gasteiger partial charge in [0.2, 0.25) is 0 Å². The van der Waals surface area contributed by atoms with Gasteiger partial charge in [0.25, 0.3) is 5.91 Å². The number of nitrogens with zero attached hydrogens (tertiary/aromatic N) is 2. The average Bonchev–Trinajstić information content (AvgIpc) is 3.29. The largest absolute Gasteiger partial charge is 0.376 e. The smallest absolute Gasteiger partial charge is 0.321 e. The number of hydrogen-bond donors (Lipinski definition) is 1. The zero-order chi connectivity index (χ0) is 17.8. The van der Waals surface area contributed by atoms with Crippen LogP contribution in [0, 0.1) is 6.92 Å². The van der Waals surface area contributed by atoms with Gasteiger partial charge < -0.3 is 19.9 Å². The first-order chi connectivity index (χ1) is 12.1. The highest BCUT2D eigenvalue weighted by Crippen LogP contribution is 2.24. The van der Waals surface area contributed by atoms with Crippen molar-refractivity contribution in [1.29, 1.82) is 0 Å². The second kappa shape index (κ2) is 7.87. The Hall–Kier alpha value is -2.08. The summed E-state index contributed by atoms with van der Waals surface area (Å²) in [6.45, 7) is 4.83. The van der Waals surface area contributed by atoms with E-state index >= 15 is 0 Å². The van der Waals surface area contributed by atoms with E-state index in [0.29, 0.717) is 17.8 Å². The highest BCUT2D eigenvalue weighted by Gasteiger charge is 2.25. The van der Waals surface area contributed by atoms with Crippen LogP contribution in [0.5, 0.6) is 0 Å². The molecule has 0 radical (unpaired) electrons. The van der Waals surface area contributed by atoms with Crippen LogP contribution in [0.25, 0.3) is 0 Å². The molecule has 2 fully saturated rings. The lowest BCUT2D eigenvalue weighted by Gasteiger charge is -2.23. The Morgan fingerprint density at radius 2 is 2.04 bits per heavy atom. The fourth-order valence-corrected chi connectivity index (χ4v) is 3.48. The molecular weight excluding hydrogens is 318 g/mol. The SMILES string of the molecule is Cc1cccc(C(=O)N2CCCC2)c1NC(=O)N(C)C[C@H]1CCCO1. The number of likely N-dealkylation sites (N-methyl/N-ethyl adjacent to an activating group) is 1. The summed E-state index contributed by atoms with van der Waals surface area (Å²) < 4.78 is 5.59. The van der Waals surface area contributed by atoms with Crippen LogP contribution in [0.4, 0.5) is 10.5 Å². The third kappa shape index (κ3) is 4.12. The molecule has 0 aliphatic carbocycles. The topological polar surface area (TPSA) is 61.9 Å². The monoisotopic (exact) mass is 345 g/mol. The maximum Gasteiger partial charge on any atom is 0.321 e. The second-order valence-corrected chi connectivity index (χ2v) is 6.94. The lowest BCUT2D eigenvalue weighted by atomic mass is 10.1. The van der Waals surface area contributed by atoms with Crippen LogP contribution in [-0.2, 0) is 4.74 Å². The van der Waals surface area contributed by atoms with Crippen LogP contribution in [0.3, 0.4) is 0 Å². The molecule has 2 saturated heterocycles. The molecule has 136 valence electrons. The van der Waals surface area contributed by atoms with Gasteiger partial charge in [-0.2, -0.15) is 0 Å². The zero-order valence-corrected chi connectivity index (χ0v) is 15.1. The van der Waals surface area contributed by atoms with E-state index in [0.717, 1.165) is 50.9 Å². The van der Waals surface area contributed by atoms with Crippen molar-refractivity contribution in [3.05, 3.63) is 29.3 Å². The Labute approximate surface area is 149 Å². The van der Waals surface area contributed by atoms with Crippen LogP contribution >= 0.6 is 0 Å². The van der Waals surface area contributed by atoms with Crippen molar-refractivity contribution in [3.8, 4) is 0 Å². The second-order valence-electron chi connectivity index (χ2n) is 6.94. The van der Waals surface area contributed by atoms with Gasteiger partial charge in [-0.1, -0.05) is 12.1 Å². The third-order valence-electron chi connectivity index (χ3n) is 4.98. The number of carbonyl (C=O) groups is 2. The molecule has 3 rings (SSSR count). The minimum atomic E-state index is -0.208. The first kappa shape index (κ1) is 17.7. The van der Waals surface area contributed by atoms with Gasteiger partial charge >= 0.3 is 6.03 Å². The molecule has 6 heteroatoms. The summed E-state index contributed by atoms with van der Waals surface area (Å²) in [6.07, 6.45) is 4.23. The van der Waals surface area contributed by atoms with Gasteiger partial charge in [0.15, 0.2) is 0 Å². The summed E-state index contributed by atoms with van der Waals surface area (Å²) in [5, 5.41) is 2.94. The molecule has 0 saturated carbocycles. The van der Waals surface area contributed by atoms with E-state index < -0.39 is 0 Å².